The van der Waals surface area contributed by atoms with E-state index in [-0.39, 0.29) is 19.1 Å². The van der Waals surface area contributed by atoms with Crippen LogP contribution in [0, 0.1) is 0 Å². The molecule has 8 heteroatoms. The van der Waals surface area contributed by atoms with Crippen molar-refractivity contribution in [2.75, 3.05) is 24.7 Å². The maximum Gasteiger partial charge on any atom is 0.321 e. The molecule has 1 saturated heterocycles. The molecule has 1 aliphatic rings. The van der Waals surface area contributed by atoms with E-state index in [0.29, 0.717) is 17.1 Å². The number of anilines is 1. The Hall–Kier alpha value is -2.35. The predicted octanol–water partition coefficient (Wildman–Crippen LogP) is 1.60. The Labute approximate surface area is 127 Å². The number of sulfone groups is 1. The monoisotopic (exact) mass is 321 g/mol. The molecular formula is C14H15N3O4S. The molecule has 3 heterocycles. The summed E-state index contributed by atoms with van der Waals surface area (Å²) in [5, 5.41) is 2.27. The Kier molecular flexibility index (Phi) is 3.61. The van der Waals surface area contributed by atoms with E-state index >= 15 is 0 Å². The summed E-state index contributed by atoms with van der Waals surface area (Å²) in [6.45, 7) is 0.419. The van der Waals surface area contributed by atoms with Gasteiger partial charge in [0.05, 0.1) is 17.2 Å². The Morgan fingerprint density at radius 1 is 1.36 bits per heavy atom. The van der Waals surface area contributed by atoms with Crippen molar-refractivity contribution in [3.05, 3.63) is 36.7 Å². The summed E-state index contributed by atoms with van der Waals surface area (Å²) in [6.07, 6.45) is 4.32. The van der Waals surface area contributed by atoms with Gasteiger partial charge >= 0.3 is 6.03 Å². The number of aromatic nitrogens is 1. The Bertz CT molecular complexity index is 780. The van der Waals surface area contributed by atoms with Gasteiger partial charge in [0.2, 0.25) is 0 Å². The highest BCUT2D eigenvalue weighted by Gasteiger charge is 2.37. The van der Waals surface area contributed by atoms with E-state index < -0.39 is 15.1 Å². The number of nitrogens with one attached hydrogen (secondary N) is 1. The number of carbonyl (C=O) groups excluding carboxylic acids is 1. The smallest absolute Gasteiger partial charge is 0.321 e. The summed E-state index contributed by atoms with van der Waals surface area (Å²) in [6, 6.07) is 6.57. The average molecular weight is 321 g/mol. The molecule has 7 nitrogen and oxygen atoms in total. The van der Waals surface area contributed by atoms with Crippen molar-refractivity contribution in [3.8, 4) is 11.5 Å². The molecule has 22 heavy (non-hydrogen) atoms. The SMILES string of the molecule is CS(=O)(=O)C1CN(C(=O)Nc2cccnc2-c2ccco2)C1. The van der Waals surface area contributed by atoms with E-state index in [0.717, 1.165) is 0 Å². The van der Waals surface area contributed by atoms with Crippen LogP contribution in [0.5, 0.6) is 0 Å². The van der Waals surface area contributed by atoms with Gasteiger partial charge in [-0.3, -0.25) is 4.98 Å². The number of urea groups is 1. The van der Waals surface area contributed by atoms with Crippen LogP contribution in [0.15, 0.2) is 41.1 Å². The van der Waals surface area contributed by atoms with Crippen molar-refractivity contribution in [2.24, 2.45) is 0 Å². The molecular weight excluding hydrogens is 306 g/mol. The second-order valence-corrected chi connectivity index (χ2v) is 7.49. The van der Waals surface area contributed by atoms with Crippen molar-refractivity contribution in [3.63, 3.8) is 0 Å². The van der Waals surface area contributed by atoms with Gasteiger partial charge in [-0.2, -0.15) is 0 Å². The lowest BCUT2D eigenvalue weighted by Gasteiger charge is -2.37. The molecule has 2 aromatic rings. The lowest BCUT2D eigenvalue weighted by atomic mass is 10.2. The summed E-state index contributed by atoms with van der Waals surface area (Å²) in [4.78, 5) is 17.8. The van der Waals surface area contributed by atoms with Gasteiger partial charge in [0.15, 0.2) is 15.6 Å². The van der Waals surface area contributed by atoms with Crippen molar-refractivity contribution >= 4 is 21.6 Å². The number of nitrogens with zero attached hydrogens (tertiary/aromatic N) is 2. The highest BCUT2D eigenvalue weighted by atomic mass is 32.2. The number of furan rings is 1. The van der Waals surface area contributed by atoms with Gasteiger partial charge in [-0.15, -0.1) is 0 Å². The van der Waals surface area contributed by atoms with Crippen LogP contribution in [0.3, 0.4) is 0 Å². The van der Waals surface area contributed by atoms with E-state index in [4.69, 9.17) is 4.42 Å². The molecule has 0 bridgehead atoms. The number of carbonyl (C=O) groups is 1. The molecule has 0 aliphatic carbocycles. The van der Waals surface area contributed by atoms with Crippen molar-refractivity contribution in [2.45, 2.75) is 5.25 Å². The minimum absolute atomic E-state index is 0.209. The molecule has 1 aliphatic heterocycles. The summed E-state index contributed by atoms with van der Waals surface area (Å²) in [7, 11) is -3.10. The maximum atomic E-state index is 12.2. The molecule has 1 N–H and O–H groups in total. The number of hydrogen-bond acceptors (Lipinski definition) is 5. The molecule has 0 spiro atoms. The first kappa shape index (κ1) is 14.6. The first-order valence-corrected chi connectivity index (χ1v) is 8.64. The second-order valence-electron chi connectivity index (χ2n) is 5.16. The Morgan fingerprint density at radius 3 is 2.77 bits per heavy atom. The number of rotatable bonds is 3. The minimum Gasteiger partial charge on any atom is -0.463 e. The van der Waals surface area contributed by atoms with Crippen molar-refractivity contribution in [1.82, 2.24) is 9.88 Å². The maximum absolute atomic E-state index is 12.2. The fourth-order valence-electron chi connectivity index (χ4n) is 2.18. The molecule has 0 saturated carbocycles. The van der Waals surface area contributed by atoms with Crippen LogP contribution in [-0.2, 0) is 9.84 Å². The van der Waals surface area contributed by atoms with Crippen LogP contribution in [0.4, 0.5) is 10.5 Å². The van der Waals surface area contributed by atoms with Crippen LogP contribution < -0.4 is 5.32 Å². The number of pyridine rings is 1. The summed E-state index contributed by atoms with van der Waals surface area (Å²) >= 11 is 0. The summed E-state index contributed by atoms with van der Waals surface area (Å²) in [5.41, 5.74) is 1.05. The number of likely N-dealkylation sites (tertiary alicyclic amines) is 1. The third kappa shape index (κ3) is 2.82. The molecule has 0 atom stereocenters. The van der Waals surface area contributed by atoms with E-state index in [9.17, 15) is 13.2 Å². The van der Waals surface area contributed by atoms with Crippen molar-refractivity contribution in [1.29, 1.82) is 0 Å². The third-order valence-corrected chi connectivity index (χ3v) is 5.05. The van der Waals surface area contributed by atoms with Crippen LogP contribution >= 0.6 is 0 Å². The van der Waals surface area contributed by atoms with Crippen molar-refractivity contribution < 1.29 is 17.6 Å². The normalized spacial score (nSPS) is 15.4. The standard InChI is InChI=1S/C14H15N3O4S/c1-22(19,20)10-8-17(9-10)14(18)16-11-4-2-6-15-13(11)12-5-3-7-21-12/h2-7,10H,8-9H2,1H3,(H,16,18). The van der Waals surface area contributed by atoms with Gasteiger partial charge in [0.1, 0.15) is 5.69 Å². The average Bonchev–Trinajstić information content (AvgIpc) is 2.89. The zero-order valence-corrected chi connectivity index (χ0v) is 12.7. The lowest BCUT2D eigenvalue weighted by molar-refractivity contribution is 0.183. The van der Waals surface area contributed by atoms with Crippen LogP contribution in [0.1, 0.15) is 0 Å². The third-order valence-electron chi connectivity index (χ3n) is 3.54. The highest BCUT2D eigenvalue weighted by Crippen LogP contribution is 2.26. The number of hydrogen-bond donors (Lipinski definition) is 1. The van der Waals surface area contributed by atoms with Crippen LogP contribution in [-0.4, -0.2) is 48.9 Å². The van der Waals surface area contributed by atoms with E-state index in [1.54, 1.807) is 30.5 Å². The molecule has 1 fully saturated rings. The molecule has 2 amide bonds. The molecule has 0 radical (unpaired) electrons. The molecule has 116 valence electrons. The van der Waals surface area contributed by atoms with Gasteiger partial charge in [-0.1, -0.05) is 0 Å². The van der Waals surface area contributed by atoms with E-state index in [1.807, 2.05) is 0 Å². The molecule has 3 rings (SSSR count). The Balaban J connectivity index is 1.71. The molecule has 0 unspecified atom stereocenters. The van der Waals surface area contributed by atoms with Crippen LogP contribution in [0.2, 0.25) is 0 Å². The quantitative estimate of drug-likeness (QED) is 0.927. The summed E-state index contributed by atoms with van der Waals surface area (Å²) < 4.78 is 28.0. The largest absolute Gasteiger partial charge is 0.463 e. The first-order chi connectivity index (χ1) is 10.4. The van der Waals surface area contributed by atoms with Gasteiger partial charge in [-0.25, -0.2) is 13.2 Å². The second kappa shape index (κ2) is 5.45. The van der Waals surface area contributed by atoms with Gasteiger partial charge < -0.3 is 14.6 Å². The van der Waals surface area contributed by atoms with E-state index in [1.165, 1.54) is 17.4 Å². The zero-order chi connectivity index (χ0) is 15.7. The minimum atomic E-state index is -3.10. The molecule has 2 aromatic heterocycles. The van der Waals surface area contributed by atoms with Gasteiger partial charge in [-0.05, 0) is 24.3 Å². The van der Waals surface area contributed by atoms with Crippen LogP contribution in [0.25, 0.3) is 11.5 Å². The first-order valence-electron chi connectivity index (χ1n) is 6.69. The number of amides is 2. The fourth-order valence-corrected chi connectivity index (χ4v) is 3.09. The Morgan fingerprint density at radius 2 is 2.14 bits per heavy atom. The van der Waals surface area contributed by atoms with Gasteiger partial charge in [0.25, 0.3) is 0 Å². The highest BCUT2D eigenvalue weighted by molar-refractivity contribution is 7.91. The lowest BCUT2D eigenvalue weighted by Crippen LogP contribution is -2.57. The predicted molar refractivity (Wildman–Crippen MR) is 81.2 cm³/mol. The summed E-state index contributed by atoms with van der Waals surface area (Å²) in [5.74, 6) is 0.550. The zero-order valence-electron chi connectivity index (χ0n) is 11.9. The van der Waals surface area contributed by atoms with E-state index in [2.05, 4.69) is 10.3 Å². The topological polar surface area (TPSA) is 92.5 Å². The fraction of sp³-hybridized carbons (Fsp3) is 0.286. The molecule has 0 aromatic carbocycles. The van der Waals surface area contributed by atoms with Gasteiger partial charge in [0, 0.05) is 25.5 Å².